The molecule has 0 aromatic rings. The first kappa shape index (κ1) is 9.77. The minimum Gasteiger partial charge on any atom is -0.341 e. The minimum absolute atomic E-state index is 0.0382. The Morgan fingerprint density at radius 1 is 1.36 bits per heavy atom. The third-order valence-electron chi connectivity index (χ3n) is 3.53. The Morgan fingerprint density at radius 2 is 1.93 bits per heavy atom. The van der Waals surface area contributed by atoms with Crippen LogP contribution in [0, 0.1) is 0 Å². The molecule has 2 fully saturated rings. The van der Waals surface area contributed by atoms with Crippen molar-refractivity contribution in [2.45, 2.75) is 43.8 Å². The molecule has 2 bridgehead atoms. The molecule has 2 unspecified atom stereocenters. The third kappa shape index (κ3) is 1.71. The molecule has 2 saturated heterocycles. The van der Waals surface area contributed by atoms with Crippen molar-refractivity contribution in [3.8, 4) is 0 Å². The number of fused-ring (bicyclic) bond motifs is 2. The molecule has 0 spiro atoms. The molecule has 0 aliphatic carbocycles. The SMILES string of the molecule is CNC(=O)N(C)C1CC2CCC(C1)N2. The van der Waals surface area contributed by atoms with Gasteiger partial charge in [0.05, 0.1) is 0 Å². The first-order valence-electron chi connectivity index (χ1n) is 5.41. The highest BCUT2D eigenvalue weighted by molar-refractivity contribution is 5.73. The lowest BCUT2D eigenvalue weighted by molar-refractivity contribution is 0.167. The van der Waals surface area contributed by atoms with E-state index < -0.39 is 0 Å². The molecule has 0 aromatic heterocycles. The summed E-state index contributed by atoms with van der Waals surface area (Å²) in [6.45, 7) is 0. The molecule has 2 aliphatic rings. The van der Waals surface area contributed by atoms with Gasteiger partial charge in [0.25, 0.3) is 0 Å². The van der Waals surface area contributed by atoms with Gasteiger partial charge >= 0.3 is 6.03 Å². The summed E-state index contributed by atoms with van der Waals surface area (Å²) in [5, 5.41) is 6.25. The van der Waals surface area contributed by atoms with E-state index in [4.69, 9.17) is 0 Å². The van der Waals surface area contributed by atoms with Crippen molar-refractivity contribution in [1.82, 2.24) is 15.5 Å². The van der Waals surface area contributed by atoms with Gasteiger partial charge in [-0.25, -0.2) is 4.79 Å². The molecule has 0 saturated carbocycles. The minimum atomic E-state index is 0.0382. The number of rotatable bonds is 1. The average molecular weight is 197 g/mol. The van der Waals surface area contributed by atoms with Crippen molar-refractivity contribution in [2.24, 2.45) is 0 Å². The van der Waals surface area contributed by atoms with Crippen LogP contribution >= 0.6 is 0 Å². The summed E-state index contributed by atoms with van der Waals surface area (Å²) in [5.74, 6) is 0. The molecule has 2 aliphatic heterocycles. The Bertz CT molecular complexity index is 219. The predicted octanol–water partition coefficient (Wildman–Crippen LogP) is 0.541. The van der Waals surface area contributed by atoms with Gasteiger partial charge in [0.2, 0.25) is 0 Å². The summed E-state index contributed by atoms with van der Waals surface area (Å²) >= 11 is 0. The maximum absolute atomic E-state index is 11.4. The summed E-state index contributed by atoms with van der Waals surface area (Å²) in [5.41, 5.74) is 0. The van der Waals surface area contributed by atoms with Crippen LogP contribution in [0.5, 0.6) is 0 Å². The Kier molecular flexibility index (Phi) is 2.63. The molecule has 2 N–H and O–H groups in total. The lowest BCUT2D eigenvalue weighted by atomic mass is 9.99. The van der Waals surface area contributed by atoms with E-state index in [0.29, 0.717) is 18.1 Å². The van der Waals surface area contributed by atoms with E-state index >= 15 is 0 Å². The molecule has 4 nitrogen and oxygen atoms in total. The Labute approximate surface area is 85.0 Å². The fraction of sp³-hybridized carbons (Fsp3) is 0.900. The number of nitrogens with one attached hydrogen (secondary N) is 2. The number of hydrogen-bond donors (Lipinski definition) is 2. The Morgan fingerprint density at radius 3 is 2.43 bits per heavy atom. The number of hydrogen-bond acceptors (Lipinski definition) is 2. The van der Waals surface area contributed by atoms with E-state index in [1.807, 2.05) is 11.9 Å². The lowest BCUT2D eigenvalue weighted by Gasteiger charge is -2.35. The predicted molar refractivity (Wildman–Crippen MR) is 55.2 cm³/mol. The zero-order valence-electron chi connectivity index (χ0n) is 8.92. The summed E-state index contributed by atoms with van der Waals surface area (Å²) in [6, 6.07) is 1.75. The van der Waals surface area contributed by atoms with Crippen LogP contribution in [0.15, 0.2) is 0 Å². The number of carbonyl (C=O) groups is 1. The highest BCUT2D eigenvalue weighted by Gasteiger charge is 2.36. The van der Waals surface area contributed by atoms with Crippen LogP contribution in [0.4, 0.5) is 4.79 Å². The maximum Gasteiger partial charge on any atom is 0.317 e. The van der Waals surface area contributed by atoms with E-state index in [1.54, 1.807) is 7.05 Å². The van der Waals surface area contributed by atoms with Crippen LogP contribution in [-0.4, -0.2) is 43.2 Å². The van der Waals surface area contributed by atoms with Crippen molar-refractivity contribution < 1.29 is 4.79 Å². The Balaban J connectivity index is 1.95. The van der Waals surface area contributed by atoms with E-state index in [1.165, 1.54) is 12.8 Å². The summed E-state index contributed by atoms with van der Waals surface area (Å²) in [6.07, 6.45) is 4.78. The molecule has 2 atom stereocenters. The highest BCUT2D eigenvalue weighted by atomic mass is 16.2. The van der Waals surface area contributed by atoms with Gasteiger partial charge in [-0.1, -0.05) is 0 Å². The van der Waals surface area contributed by atoms with Gasteiger partial charge in [0.15, 0.2) is 0 Å². The molecule has 80 valence electrons. The van der Waals surface area contributed by atoms with Crippen LogP contribution in [0.3, 0.4) is 0 Å². The van der Waals surface area contributed by atoms with Crippen LogP contribution in [0.1, 0.15) is 25.7 Å². The fourth-order valence-corrected chi connectivity index (χ4v) is 2.69. The van der Waals surface area contributed by atoms with E-state index in [9.17, 15) is 4.79 Å². The number of urea groups is 1. The fourth-order valence-electron chi connectivity index (χ4n) is 2.69. The quantitative estimate of drug-likeness (QED) is 0.644. The first-order chi connectivity index (χ1) is 6.70. The second kappa shape index (κ2) is 3.77. The Hall–Kier alpha value is -0.770. The van der Waals surface area contributed by atoms with Crippen molar-refractivity contribution in [3.05, 3.63) is 0 Å². The topological polar surface area (TPSA) is 44.4 Å². The van der Waals surface area contributed by atoms with Gasteiger partial charge in [0.1, 0.15) is 0 Å². The van der Waals surface area contributed by atoms with Crippen molar-refractivity contribution in [3.63, 3.8) is 0 Å². The highest BCUT2D eigenvalue weighted by Crippen LogP contribution is 2.29. The molecular formula is C10H19N3O. The number of amides is 2. The second-order valence-corrected chi connectivity index (χ2v) is 4.43. The normalized spacial score (nSPS) is 35.4. The van der Waals surface area contributed by atoms with Crippen LogP contribution in [0.25, 0.3) is 0 Å². The number of nitrogens with zero attached hydrogens (tertiary/aromatic N) is 1. The summed E-state index contributed by atoms with van der Waals surface area (Å²) < 4.78 is 0. The van der Waals surface area contributed by atoms with Gasteiger partial charge in [-0.05, 0) is 25.7 Å². The monoisotopic (exact) mass is 197 g/mol. The van der Waals surface area contributed by atoms with Crippen molar-refractivity contribution in [1.29, 1.82) is 0 Å². The molecular weight excluding hydrogens is 178 g/mol. The zero-order chi connectivity index (χ0) is 10.1. The zero-order valence-corrected chi connectivity index (χ0v) is 8.92. The van der Waals surface area contributed by atoms with Gasteiger partial charge in [-0.15, -0.1) is 0 Å². The van der Waals surface area contributed by atoms with Crippen LogP contribution in [0.2, 0.25) is 0 Å². The standard InChI is InChI=1S/C10H19N3O/c1-11-10(14)13(2)9-5-7-3-4-8(6-9)12-7/h7-9,12H,3-6H2,1-2H3,(H,11,14). The van der Waals surface area contributed by atoms with E-state index in [2.05, 4.69) is 10.6 Å². The molecule has 2 rings (SSSR count). The summed E-state index contributed by atoms with van der Waals surface area (Å²) in [7, 11) is 3.59. The largest absolute Gasteiger partial charge is 0.341 e. The van der Waals surface area contributed by atoms with Crippen LogP contribution in [-0.2, 0) is 0 Å². The van der Waals surface area contributed by atoms with Gasteiger partial charge in [-0.3, -0.25) is 0 Å². The maximum atomic E-state index is 11.4. The van der Waals surface area contributed by atoms with Gasteiger partial charge in [0, 0.05) is 32.2 Å². The van der Waals surface area contributed by atoms with Gasteiger partial charge in [-0.2, -0.15) is 0 Å². The molecule has 4 heteroatoms. The molecule has 14 heavy (non-hydrogen) atoms. The second-order valence-electron chi connectivity index (χ2n) is 4.43. The van der Waals surface area contributed by atoms with E-state index in [-0.39, 0.29) is 6.03 Å². The molecule has 2 amide bonds. The third-order valence-corrected chi connectivity index (χ3v) is 3.53. The van der Waals surface area contributed by atoms with E-state index in [0.717, 1.165) is 12.8 Å². The first-order valence-corrected chi connectivity index (χ1v) is 5.41. The summed E-state index contributed by atoms with van der Waals surface area (Å²) in [4.78, 5) is 13.3. The van der Waals surface area contributed by atoms with Crippen molar-refractivity contribution >= 4 is 6.03 Å². The lowest BCUT2D eigenvalue weighted by Crippen LogP contribution is -2.50. The number of carbonyl (C=O) groups excluding carboxylic acids is 1. The smallest absolute Gasteiger partial charge is 0.317 e. The molecule has 2 heterocycles. The molecule has 0 radical (unpaired) electrons. The van der Waals surface area contributed by atoms with Gasteiger partial charge < -0.3 is 15.5 Å². The number of piperidine rings is 1. The molecule has 0 aromatic carbocycles. The van der Waals surface area contributed by atoms with Crippen LogP contribution < -0.4 is 10.6 Å². The van der Waals surface area contributed by atoms with Crippen molar-refractivity contribution in [2.75, 3.05) is 14.1 Å². The average Bonchev–Trinajstić information content (AvgIpc) is 2.55.